The van der Waals surface area contributed by atoms with Crippen LogP contribution in [0.15, 0.2) is 18.2 Å². The van der Waals surface area contributed by atoms with Gasteiger partial charge >= 0.3 is 0 Å². The molecule has 0 atom stereocenters. The largest absolute Gasteiger partial charge is 0.294 e. The molecule has 1 aliphatic heterocycles. The van der Waals surface area contributed by atoms with E-state index in [0.717, 1.165) is 18.4 Å². The lowest BCUT2D eigenvalue weighted by atomic mass is 9.92. The topological polar surface area (TPSA) is 17.1 Å². The highest BCUT2D eigenvalue weighted by atomic mass is 32.2. The summed E-state index contributed by atoms with van der Waals surface area (Å²) < 4.78 is 0. The van der Waals surface area contributed by atoms with Crippen LogP contribution in [0, 0.1) is 5.92 Å². The highest BCUT2D eigenvalue weighted by molar-refractivity contribution is 7.99. The summed E-state index contributed by atoms with van der Waals surface area (Å²) in [5, 5.41) is 0. The van der Waals surface area contributed by atoms with Gasteiger partial charge in [-0.05, 0) is 66.7 Å². The first kappa shape index (κ1) is 12.3. The van der Waals surface area contributed by atoms with Crippen LogP contribution in [0.5, 0.6) is 0 Å². The van der Waals surface area contributed by atoms with Gasteiger partial charge in [0.15, 0.2) is 5.78 Å². The number of aryl methyl sites for hydroxylation is 2. The Morgan fingerprint density at radius 1 is 1.17 bits per heavy atom. The molecular weight excluding hydrogens is 240 g/mol. The molecule has 0 spiro atoms. The van der Waals surface area contributed by atoms with E-state index >= 15 is 0 Å². The fourth-order valence-electron chi connectivity index (χ4n) is 3.08. The van der Waals surface area contributed by atoms with Crippen molar-refractivity contribution in [2.75, 3.05) is 11.5 Å². The molecular formula is C16H20OS. The van der Waals surface area contributed by atoms with Gasteiger partial charge in [-0.3, -0.25) is 4.79 Å². The molecule has 1 nitrogen and oxygen atoms in total. The van der Waals surface area contributed by atoms with Crippen molar-refractivity contribution in [2.24, 2.45) is 5.92 Å². The van der Waals surface area contributed by atoms with Crippen LogP contribution in [0.1, 0.15) is 47.2 Å². The summed E-state index contributed by atoms with van der Waals surface area (Å²) in [6, 6.07) is 6.37. The molecule has 1 fully saturated rings. The third kappa shape index (κ3) is 2.64. The molecule has 2 aliphatic rings. The Balaban J connectivity index is 1.68. The first-order valence-electron chi connectivity index (χ1n) is 7.05. The van der Waals surface area contributed by atoms with Crippen molar-refractivity contribution in [1.82, 2.24) is 0 Å². The summed E-state index contributed by atoms with van der Waals surface area (Å²) in [5.41, 5.74) is 3.83. The zero-order valence-electron chi connectivity index (χ0n) is 10.8. The van der Waals surface area contributed by atoms with Crippen molar-refractivity contribution in [3.63, 3.8) is 0 Å². The minimum Gasteiger partial charge on any atom is -0.294 e. The fraction of sp³-hybridized carbons (Fsp3) is 0.562. The fourth-order valence-corrected chi connectivity index (χ4v) is 4.28. The number of carbonyl (C=O) groups excluding carboxylic acids is 1. The Morgan fingerprint density at radius 3 is 2.78 bits per heavy atom. The van der Waals surface area contributed by atoms with Crippen LogP contribution in [-0.4, -0.2) is 17.3 Å². The Morgan fingerprint density at radius 2 is 1.94 bits per heavy atom. The summed E-state index contributed by atoms with van der Waals surface area (Å²) >= 11 is 2.03. The van der Waals surface area contributed by atoms with Gasteiger partial charge in [0.1, 0.15) is 0 Å². The molecule has 0 N–H and O–H groups in total. The van der Waals surface area contributed by atoms with E-state index in [0.29, 0.717) is 11.7 Å². The Labute approximate surface area is 113 Å². The van der Waals surface area contributed by atoms with Gasteiger partial charge in [-0.25, -0.2) is 0 Å². The second-order valence-electron chi connectivity index (χ2n) is 5.52. The summed E-state index contributed by atoms with van der Waals surface area (Å²) in [5.74, 6) is 3.47. The number of benzene rings is 1. The molecule has 1 aromatic carbocycles. The number of ketones is 1. The maximum absolute atomic E-state index is 12.3. The third-order valence-corrected chi connectivity index (χ3v) is 5.28. The van der Waals surface area contributed by atoms with Gasteiger partial charge in [-0.1, -0.05) is 12.1 Å². The van der Waals surface area contributed by atoms with E-state index in [1.54, 1.807) is 0 Å². The van der Waals surface area contributed by atoms with Crippen molar-refractivity contribution in [3.8, 4) is 0 Å². The molecule has 1 aliphatic carbocycles. The number of carbonyl (C=O) groups is 1. The number of hydrogen-bond donors (Lipinski definition) is 0. The predicted molar refractivity (Wildman–Crippen MR) is 77.5 cm³/mol. The van der Waals surface area contributed by atoms with E-state index in [1.807, 2.05) is 17.8 Å². The van der Waals surface area contributed by atoms with Gasteiger partial charge in [-0.2, -0.15) is 11.8 Å². The van der Waals surface area contributed by atoms with Crippen molar-refractivity contribution in [2.45, 2.75) is 38.5 Å². The Kier molecular flexibility index (Phi) is 3.74. The number of rotatable bonds is 3. The van der Waals surface area contributed by atoms with Crippen LogP contribution < -0.4 is 0 Å². The van der Waals surface area contributed by atoms with Crippen LogP contribution in [-0.2, 0) is 12.8 Å². The Hall–Kier alpha value is -0.760. The molecule has 2 heteroatoms. The molecule has 18 heavy (non-hydrogen) atoms. The third-order valence-electron chi connectivity index (χ3n) is 4.24. The predicted octanol–water partition coefficient (Wildman–Crippen LogP) is 3.89. The normalized spacial score (nSPS) is 19.8. The zero-order valence-corrected chi connectivity index (χ0v) is 11.6. The number of Topliss-reactive ketones (excluding diaryl/α,β-unsaturated/α-hetero) is 1. The lowest BCUT2D eigenvalue weighted by molar-refractivity contribution is 0.0958. The minimum absolute atomic E-state index is 0.363. The second-order valence-corrected chi connectivity index (χ2v) is 6.74. The van der Waals surface area contributed by atoms with E-state index in [9.17, 15) is 4.79 Å². The molecule has 1 heterocycles. The highest BCUT2D eigenvalue weighted by Crippen LogP contribution is 2.28. The number of hydrogen-bond acceptors (Lipinski definition) is 2. The van der Waals surface area contributed by atoms with Crippen LogP contribution in [0.3, 0.4) is 0 Å². The van der Waals surface area contributed by atoms with Gasteiger partial charge in [0.25, 0.3) is 0 Å². The van der Waals surface area contributed by atoms with Gasteiger partial charge in [0, 0.05) is 12.0 Å². The smallest absolute Gasteiger partial charge is 0.163 e. The van der Waals surface area contributed by atoms with Gasteiger partial charge in [0.05, 0.1) is 0 Å². The van der Waals surface area contributed by atoms with Crippen molar-refractivity contribution >= 4 is 17.5 Å². The average Bonchev–Trinajstić information content (AvgIpc) is 2.87. The maximum atomic E-state index is 12.3. The molecule has 0 bridgehead atoms. The molecule has 0 radical (unpaired) electrons. The van der Waals surface area contributed by atoms with E-state index in [-0.39, 0.29) is 0 Å². The summed E-state index contributed by atoms with van der Waals surface area (Å²) in [7, 11) is 0. The Bertz CT molecular complexity index is 446. The molecule has 0 saturated carbocycles. The molecule has 0 unspecified atom stereocenters. The molecule has 3 rings (SSSR count). The standard InChI is InChI=1S/C16H20OS/c17-16(10-12-6-8-18-9-7-12)15-5-4-13-2-1-3-14(13)11-15/h4-5,11-12H,1-3,6-10H2. The molecule has 0 amide bonds. The molecule has 96 valence electrons. The first-order chi connectivity index (χ1) is 8.83. The zero-order chi connectivity index (χ0) is 12.4. The van der Waals surface area contributed by atoms with Crippen LogP contribution in [0.4, 0.5) is 0 Å². The molecule has 0 aromatic heterocycles. The van der Waals surface area contributed by atoms with E-state index < -0.39 is 0 Å². The second kappa shape index (κ2) is 5.48. The van der Waals surface area contributed by atoms with E-state index in [4.69, 9.17) is 0 Å². The van der Waals surface area contributed by atoms with Gasteiger partial charge in [0.2, 0.25) is 0 Å². The van der Waals surface area contributed by atoms with E-state index in [2.05, 4.69) is 12.1 Å². The van der Waals surface area contributed by atoms with E-state index in [1.165, 1.54) is 48.3 Å². The lowest BCUT2D eigenvalue weighted by Crippen LogP contribution is -2.14. The lowest BCUT2D eigenvalue weighted by Gasteiger charge is -2.20. The first-order valence-corrected chi connectivity index (χ1v) is 8.21. The number of fused-ring (bicyclic) bond motifs is 1. The summed E-state index contributed by atoms with van der Waals surface area (Å²) in [6.45, 7) is 0. The van der Waals surface area contributed by atoms with Crippen LogP contribution in [0.2, 0.25) is 0 Å². The average molecular weight is 260 g/mol. The monoisotopic (exact) mass is 260 g/mol. The molecule has 1 saturated heterocycles. The highest BCUT2D eigenvalue weighted by Gasteiger charge is 2.19. The van der Waals surface area contributed by atoms with Crippen LogP contribution >= 0.6 is 11.8 Å². The summed E-state index contributed by atoms with van der Waals surface area (Å²) in [6.07, 6.45) is 6.83. The number of thioether (sulfide) groups is 1. The van der Waals surface area contributed by atoms with Gasteiger partial charge < -0.3 is 0 Å². The van der Waals surface area contributed by atoms with Crippen LogP contribution in [0.25, 0.3) is 0 Å². The molecule has 1 aromatic rings. The van der Waals surface area contributed by atoms with Gasteiger partial charge in [-0.15, -0.1) is 0 Å². The van der Waals surface area contributed by atoms with Crippen molar-refractivity contribution < 1.29 is 4.79 Å². The SMILES string of the molecule is O=C(CC1CCSCC1)c1ccc2c(c1)CCC2. The maximum Gasteiger partial charge on any atom is 0.163 e. The van der Waals surface area contributed by atoms with Crippen molar-refractivity contribution in [3.05, 3.63) is 34.9 Å². The quantitative estimate of drug-likeness (QED) is 0.767. The summed E-state index contributed by atoms with van der Waals surface area (Å²) in [4.78, 5) is 12.3. The minimum atomic E-state index is 0.363. The van der Waals surface area contributed by atoms with Crippen molar-refractivity contribution in [1.29, 1.82) is 0 Å².